The third-order valence-corrected chi connectivity index (χ3v) is 2.00. The van der Waals surface area contributed by atoms with Gasteiger partial charge < -0.3 is 10.8 Å². The molecular weight excluding hydrogens is 195 g/mol. The first-order valence-electron chi connectivity index (χ1n) is 3.90. The van der Waals surface area contributed by atoms with E-state index < -0.39 is 11.8 Å². The first kappa shape index (κ1) is 10.8. The van der Waals surface area contributed by atoms with Crippen LogP contribution >= 0.6 is 0 Å². The van der Waals surface area contributed by atoms with Gasteiger partial charge in [0.25, 0.3) is 0 Å². The fourth-order valence-electron chi connectivity index (χ4n) is 1.01. The highest BCUT2D eigenvalue weighted by molar-refractivity contribution is 5.42. The lowest BCUT2D eigenvalue weighted by atomic mass is 9.95. The van der Waals surface area contributed by atoms with Crippen molar-refractivity contribution in [1.29, 1.82) is 0 Å². The van der Waals surface area contributed by atoms with E-state index in [4.69, 9.17) is 5.73 Å². The Labute approximate surface area is 79.2 Å². The topological polar surface area (TPSA) is 46.2 Å². The molecule has 3 N–H and O–H groups in total. The van der Waals surface area contributed by atoms with E-state index >= 15 is 0 Å². The molecule has 0 bridgehead atoms. The van der Waals surface area contributed by atoms with Crippen LogP contribution < -0.4 is 5.73 Å². The summed E-state index contributed by atoms with van der Waals surface area (Å²) in [4.78, 5) is 0. The Hall–Kier alpha value is -1.23. The minimum absolute atomic E-state index is 0.187. The van der Waals surface area contributed by atoms with E-state index in [1.807, 2.05) is 0 Å². The normalized spacial score (nSPS) is 16.4. The lowest BCUT2D eigenvalue weighted by Gasteiger charge is -2.26. The van der Waals surface area contributed by atoms with Gasteiger partial charge in [-0.05, 0) is 24.6 Å². The molecule has 1 atom stereocenters. The molecule has 2 nitrogen and oxygen atoms in total. The second kappa shape index (κ2) is 3.16. The molecule has 78 valence electrons. The first-order valence-corrected chi connectivity index (χ1v) is 3.90. The van der Waals surface area contributed by atoms with E-state index in [-0.39, 0.29) is 11.3 Å². The molecule has 0 aromatic heterocycles. The number of benzene rings is 1. The number of nitrogen functional groups attached to an aromatic ring is 1. The molecule has 1 rings (SSSR count). The van der Waals surface area contributed by atoms with E-state index in [2.05, 4.69) is 0 Å². The van der Waals surface area contributed by atoms with Gasteiger partial charge in [0.15, 0.2) is 5.60 Å². The maximum Gasteiger partial charge on any atom is 0.421 e. The zero-order valence-electron chi connectivity index (χ0n) is 7.47. The highest BCUT2D eigenvalue weighted by atomic mass is 19.4. The fraction of sp³-hybridized carbons (Fsp3) is 0.333. The summed E-state index contributed by atoms with van der Waals surface area (Å²) in [6.45, 7) is 0.696. The van der Waals surface area contributed by atoms with Gasteiger partial charge >= 0.3 is 6.18 Å². The van der Waals surface area contributed by atoms with Crippen molar-refractivity contribution in [2.45, 2.75) is 18.7 Å². The van der Waals surface area contributed by atoms with Gasteiger partial charge in [-0.15, -0.1) is 0 Å². The number of alkyl halides is 3. The minimum atomic E-state index is -4.71. The molecule has 0 aliphatic heterocycles. The number of aliphatic hydroxyl groups is 1. The van der Waals surface area contributed by atoms with Gasteiger partial charge in [0, 0.05) is 5.69 Å². The molecule has 0 heterocycles. The van der Waals surface area contributed by atoms with Crippen LogP contribution in [0.2, 0.25) is 0 Å². The van der Waals surface area contributed by atoms with Crippen LogP contribution in [0.4, 0.5) is 18.9 Å². The van der Waals surface area contributed by atoms with Crippen molar-refractivity contribution in [3.8, 4) is 0 Å². The van der Waals surface area contributed by atoms with E-state index in [9.17, 15) is 18.3 Å². The van der Waals surface area contributed by atoms with Crippen molar-refractivity contribution in [1.82, 2.24) is 0 Å². The minimum Gasteiger partial charge on any atom is -0.399 e. The monoisotopic (exact) mass is 205 g/mol. The van der Waals surface area contributed by atoms with Crippen molar-refractivity contribution >= 4 is 5.69 Å². The predicted octanol–water partition coefficient (Wildman–Crippen LogP) is 2.04. The summed E-state index contributed by atoms with van der Waals surface area (Å²) in [7, 11) is 0. The highest BCUT2D eigenvalue weighted by Gasteiger charge is 2.51. The Morgan fingerprint density at radius 3 is 2.29 bits per heavy atom. The van der Waals surface area contributed by atoms with Gasteiger partial charge in [0.05, 0.1) is 0 Å². The first-order chi connectivity index (χ1) is 6.25. The molecule has 0 saturated heterocycles. The Morgan fingerprint density at radius 1 is 1.29 bits per heavy atom. The second-order valence-corrected chi connectivity index (χ2v) is 3.20. The number of rotatable bonds is 1. The molecule has 0 aliphatic rings. The number of nitrogens with two attached hydrogens (primary N) is 1. The van der Waals surface area contributed by atoms with Crippen LogP contribution in [0.15, 0.2) is 24.3 Å². The molecular formula is C9H10F3NO. The average molecular weight is 205 g/mol. The summed E-state index contributed by atoms with van der Waals surface area (Å²) >= 11 is 0. The van der Waals surface area contributed by atoms with Crippen molar-refractivity contribution in [3.05, 3.63) is 29.8 Å². The Balaban J connectivity index is 3.16. The summed E-state index contributed by atoms with van der Waals surface area (Å²) in [5.74, 6) is 0. The van der Waals surface area contributed by atoms with Crippen molar-refractivity contribution in [3.63, 3.8) is 0 Å². The van der Waals surface area contributed by atoms with Crippen LogP contribution in [0.25, 0.3) is 0 Å². The van der Waals surface area contributed by atoms with Gasteiger partial charge in [-0.1, -0.05) is 12.1 Å². The van der Waals surface area contributed by atoms with Crippen LogP contribution in [-0.4, -0.2) is 11.3 Å². The largest absolute Gasteiger partial charge is 0.421 e. The molecule has 0 fully saturated rings. The molecule has 0 spiro atoms. The molecule has 0 unspecified atom stereocenters. The van der Waals surface area contributed by atoms with Crippen LogP contribution in [0.5, 0.6) is 0 Å². The number of hydrogen-bond acceptors (Lipinski definition) is 2. The zero-order chi connectivity index (χ0) is 11.0. The van der Waals surface area contributed by atoms with Crippen molar-refractivity contribution < 1.29 is 18.3 Å². The molecule has 0 amide bonds. The number of anilines is 1. The van der Waals surface area contributed by atoms with Crippen LogP contribution in [0.1, 0.15) is 12.5 Å². The maximum atomic E-state index is 12.4. The highest BCUT2D eigenvalue weighted by Crippen LogP contribution is 2.38. The van der Waals surface area contributed by atoms with E-state index in [0.717, 1.165) is 6.07 Å². The smallest absolute Gasteiger partial charge is 0.399 e. The van der Waals surface area contributed by atoms with Gasteiger partial charge in [0.2, 0.25) is 0 Å². The fourth-order valence-corrected chi connectivity index (χ4v) is 1.01. The molecule has 14 heavy (non-hydrogen) atoms. The summed E-state index contributed by atoms with van der Waals surface area (Å²) in [6.07, 6.45) is -4.71. The third-order valence-electron chi connectivity index (χ3n) is 2.00. The predicted molar refractivity (Wildman–Crippen MR) is 46.5 cm³/mol. The van der Waals surface area contributed by atoms with E-state index in [0.29, 0.717) is 6.92 Å². The molecule has 0 saturated carbocycles. The van der Waals surface area contributed by atoms with Gasteiger partial charge in [-0.25, -0.2) is 0 Å². The van der Waals surface area contributed by atoms with E-state index in [1.165, 1.54) is 18.2 Å². The van der Waals surface area contributed by atoms with E-state index in [1.54, 1.807) is 0 Å². The van der Waals surface area contributed by atoms with Crippen LogP contribution in [0.3, 0.4) is 0 Å². The van der Waals surface area contributed by atoms with Crippen molar-refractivity contribution in [2.24, 2.45) is 0 Å². The number of halogens is 3. The molecule has 1 aromatic rings. The standard InChI is InChI=1S/C9H10F3NO/c1-8(14,9(10,11)12)6-3-2-4-7(13)5-6/h2-5,14H,13H2,1H3/t8-/m0/s1. The second-order valence-electron chi connectivity index (χ2n) is 3.20. The Bertz CT molecular complexity index is 333. The lowest BCUT2D eigenvalue weighted by Crippen LogP contribution is -2.39. The number of hydrogen-bond donors (Lipinski definition) is 2. The molecule has 0 aliphatic carbocycles. The maximum absolute atomic E-state index is 12.4. The summed E-state index contributed by atoms with van der Waals surface area (Å²) < 4.78 is 37.1. The van der Waals surface area contributed by atoms with Gasteiger partial charge in [-0.3, -0.25) is 0 Å². The molecule has 0 radical (unpaired) electrons. The SMILES string of the molecule is C[C@](O)(c1cccc(N)c1)C(F)(F)F. The summed E-state index contributed by atoms with van der Waals surface area (Å²) in [5.41, 5.74) is 2.39. The Morgan fingerprint density at radius 2 is 1.86 bits per heavy atom. The van der Waals surface area contributed by atoms with Gasteiger partial charge in [0.1, 0.15) is 0 Å². The molecule has 1 aromatic carbocycles. The van der Waals surface area contributed by atoms with Crippen LogP contribution in [-0.2, 0) is 5.60 Å². The Kier molecular flexibility index (Phi) is 2.45. The third kappa shape index (κ3) is 1.82. The average Bonchev–Trinajstić information content (AvgIpc) is 2.02. The quantitative estimate of drug-likeness (QED) is 0.689. The zero-order valence-corrected chi connectivity index (χ0v) is 7.47. The van der Waals surface area contributed by atoms with Crippen LogP contribution in [0, 0.1) is 0 Å². The lowest BCUT2D eigenvalue weighted by molar-refractivity contribution is -0.258. The molecule has 5 heteroatoms. The summed E-state index contributed by atoms with van der Waals surface area (Å²) in [6, 6.07) is 5.11. The van der Waals surface area contributed by atoms with Gasteiger partial charge in [-0.2, -0.15) is 13.2 Å². The summed E-state index contributed by atoms with van der Waals surface area (Å²) in [5, 5.41) is 9.27. The van der Waals surface area contributed by atoms with Crippen molar-refractivity contribution in [2.75, 3.05) is 5.73 Å².